The van der Waals surface area contributed by atoms with Gasteiger partial charge in [-0.2, -0.15) is 0 Å². The molecular weight excluding hydrogens is 304 g/mol. The number of benzene rings is 1. The summed E-state index contributed by atoms with van der Waals surface area (Å²) in [5.41, 5.74) is 7.28. The van der Waals surface area contributed by atoms with E-state index in [0.717, 1.165) is 22.7 Å². The average Bonchev–Trinajstić information content (AvgIpc) is 2.70. The molecule has 1 aliphatic rings. The van der Waals surface area contributed by atoms with Crippen molar-refractivity contribution in [3.63, 3.8) is 0 Å². The summed E-state index contributed by atoms with van der Waals surface area (Å²) in [5.74, 6) is 1.62. The van der Waals surface area contributed by atoms with Crippen LogP contribution in [-0.2, 0) is 0 Å². The summed E-state index contributed by atoms with van der Waals surface area (Å²) in [6.07, 6.45) is 1.26. The predicted molar refractivity (Wildman–Crippen MR) is 82.4 cm³/mol. The topological polar surface area (TPSA) is 38.5 Å². The maximum absolute atomic E-state index is 6.02. The molecule has 0 aromatic heterocycles. The van der Waals surface area contributed by atoms with Crippen LogP contribution in [0.4, 0.5) is 0 Å². The number of hydrogen-bond donors (Lipinski definition) is 1. The summed E-state index contributed by atoms with van der Waals surface area (Å²) < 4.78 is 6.28. The molecule has 3 atom stereocenters. The van der Waals surface area contributed by atoms with Crippen molar-refractivity contribution in [1.29, 1.82) is 0 Å². The fraction of sp³-hybridized carbons (Fsp3) is 0.600. The Morgan fingerprint density at radius 3 is 2.68 bits per heavy atom. The Kier molecular flexibility index (Phi) is 4.87. The van der Waals surface area contributed by atoms with E-state index in [0.29, 0.717) is 18.6 Å². The summed E-state index contributed by atoms with van der Waals surface area (Å²) in [7, 11) is 1.68. The van der Waals surface area contributed by atoms with Crippen LogP contribution in [0.25, 0.3) is 0 Å². The van der Waals surface area contributed by atoms with Gasteiger partial charge in [0, 0.05) is 25.2 Å². The van der Waals surface area contributed by atoms with E-state index in [-0.39, 0.29) is 0 Å². The summed E-state index contributed by atoms with van der Waals surface area (Å²) in [5, 5.41) is 0. The molecule has 2 N–H and O–H groups in total. The summed E-state index contributed by atoms with van der Waals surface area (Å²) in [6, 6.07) is 7.15. The Bertz CT molecular complexity index is 438. The van der Waals surface area contributed by atoms with Gasteiger partial charge >= 0.3 is 0 Å². The molecule has 19 heavy (non-hydrogen) atoms. The third-order valence-corrected chi connectivity index (χ3v) is 4.64. The van der Waals surface area contributed by atoms with Crippen LogP contribution in [0.1, 0.15) is 31.9 Å². The number of hydrogen-bond acceptors (Lipinski definition) is 3. The van der Waals surface area contributed by atoms with Crippen molar-refractivity contribution in [2.24, 2.45) is 11.7 Å². The smallest absolute Gasteiger partial charge is 0.133 e. The van der Waals surface area contributed by atoms with Gasteiger partial charge < -0.3 is 10.5 Å². The number of ether oxygens (including phenoxy) is 1. The van der Waals surface area contributed by atoms with Crippen molar-refractivity contribution < 1.29 is 4.74 Å². The standard InChI is InChI=1S/C15H23BrN2O/c1-10-6-11(2)18(9-10)14(8-17)12-4-5-15(19-3)13(16)7-12/h4-5,7,10-11,14H,6,8-9,17H2,1-3H3. The molecule has 0 bridgehead atoms. The molecular formula is C15H23BrN2O. The number of likely N-dealkylation sites (tertiary alicyclic amines) is 1. The maximum Gasteiger partial charge on any atom is 0.133 e. The van der Waals surface area contributed by atoms with E-state index >= 15 is 0 Å². The summed E-state index contributed by atoms with van der Waals surface area (Å²) in [4.78, 5) is 2.53. The average molecular weight is 327 g/mol. The minimum Gasteiger partial charge on any atom is -0.496 e. The molecule has 0 spiro atoms. The molecule has 1 aliphatic heterocycles. The van der Waals surface area contributed by atoms with Crippen LogP contribution in [0.3, 0.4) is 0 Å². The first kappa shape index (κ1) is 14.8. The van der Waals surface area contributed by atoms with Gasteiger partial charge in [0.25, 0.3) is 0 Å². The van der Waals surface area contributed by atoms with Crippen molar-refractivity contribution in [3.05, 3.63) is 28.2 Å². The Morgan fingerprint density at radius 1 is 1.47 bits per heavy atom. The molecule has 0 amide bonds. The summed E-state index contributed by atoms with van der Waals surface area (Å²) in [6.45, 7) is 6.39. The van der Waals surface area contributed by atoms with Gasteiger partial charge in [0.15, 0.2) is 0 Å². The molecule has 4 heteroatoms. The van der Waals surface area contributed by atoms with Gasteiger partial charge in [-0.1, -0.05) is 13.0 Å². The van der Waals surface area contributed by atoms with Crippen LogP contribution < -0.4 is 10.5 Å². The minimum atomic E-state index is 0.294. The first-order valence-electron chi connectivity index (χ1n) is 6.86. The van der Waals surface area contributed by atoms with E-state index in [1.807, 2.05) is 6.07 Å². The zero-order valence-corrected chi connectivity index (χ0v) is 13.5. The van der Waals surface area contributed by atoms with Gasteiger partial charge in [-0.15, -0.1) is 0 Å². The number of rotatable bonds is 4. The molecule has 0 saturated carbocycles. The highest BCUT2D eigenvalue weighted by atomic mass is 79.9. The first-order chi connectivity index (χ1) is 9.06. The predicted octanol–water partition coefficient (Wildman–Crippen LogP) is 3.19. The molecule has 1 saturated heterocycles. The zero-order chi connectivity index (χ0) is 14.0. The Labute approximate surface area is 124 Å². The second kappa shape index (κ2) is 6.25. The second-order valence-corrected chi connectivity index (χ2v) is 6.39. The Morgan fingerprint density at radius 2 is 2.21 bits per heavy atom. The van der Waals surface area contributed by atoms with Crippen molar-refractivity contribution in [2.75, 3.05) is 20.2 Å². The van der Waals surface area contributed by atoms with E-state index in [1.54, 1.807) is 7.11 Å². The fourth-order valence-electron chi connectivity index (χ4n) is 3.12. The highest BCUT2D eigenvalue weighted by molar-refractivity contribution is 9.10. The Balaban J connectivity index is 2.24. The number of nitrogens with two attached hydrogens (primary N) is 1. The normalized spacial score (nSPS) is 25.5. The van der Waals surface area contributed by atoms with Gasteiger partial charge in [-0.3, -0.25) is 4.90 Å². The van der Waals surface area contributed by atoms with Gasteiger partial charge in [0.2, 0.25) is 0 Å². The van der Waals surface area contributed by atoms with Crippen molar-refractivity contribution in [2.45, 2.75) is 32.4 Å². The lowest BCUT2D eigenvalue weighted by atomic mass is 10.0. The van der Waals surface area contributed by atoms with Crippen LogP contribution in [0.2, 0.25) is 0 Å². The van der Waals surface area contributed by atoms with Crippen molar-refractivity contribution in [1.82, 2.24) is 4.90 Å². The number of methoxy groups -OCH3 is 1. The van der Waals surface area contributed by atoms with Gasteiger partial charge in [-0.05, 0) is 52.9 Å². The maximum atomic E-state index is 6.02. The van der Waals surface area contributed by atoms with Gasteiger partial charge in [0.1, 0.15) is 5.75 Å². The molecule has 0 aliphatic carbocycles. The van der Waals surface area contributed by atoms with E-state index in [4.69, 9.17) is 10.5 Å². The third kappa shape index (κ3) is 3.12. The van der Waals surface area contributed by atoms with E-state index < -0.39 is 0 Å². The molecule has 2 rings (SSSR count). The van der Waals surface area contributed by atoms with E-state index in [1.165, 1.54) is 12.0 Å². The molecule has 1 aromatic carbocycles. The second-order valence-electron chi connectivity index (χ2n) is 5.53. The van der Waals surface area contributed by atoms with Crippen LogP contribution in [-0.4, -0.2) is 31.1 Å². The molecule has 1 aromatic rings. The van der Waals surface area contributed by atoms with Crippen LogP contribution in [0, 0.1) is 5.92 Å². The van der Waals surface area contributed by atoms with Crippen LogP contribution >= 0.6 is 15.9 Å². The number of halogens is 1. The van der Waals surface area contributed by atoms with E-state index in [2.05, 4.69) is 46.8 Å². The molecule has 1 fully saturated rings. The lowest BCUT2D eigenvalue weighted by molar-refractivity contribution is 0.192. The van der Waals surface area contributed by atoms with Crippen LogP contribution in [0.15, 0.2) is 22.7 Å². The fourth-order valence-corrected chi connectivity index (χ4v) is 3.68. The summed E-state index contributed by atoms with van der Waals surface area (Å²) >= 11 is 3.56. The van der Waals surface area contributed by atoms with Gasteiger partial charge in [0.05, 0.1) is 11.6 Å². The lowest BCUT2D eigenvalue weighted by Gasteiger charge is -2.31. The van der Waals surface area contributed by atoms with Gasteiger partial charge in [-0.25, -0.2) is 0 Å². The largest absolute Gasteiger partial charge is 0.496 e. The monoisotopic (exact) mass is 326 g/mol. The minimum absolute atomic E-state index is 0.294. The molecule has 106 valence electrons. The lowest BCUT2D eigenvalue weighted by Crippen LogP contribution is -2.36. The first-order valence-corrected chi connectivity index (χ1v) is 7.65. The molecule has 1 heterocycles. The Hall–Kier alpha value is -0.580. The number of nitrogens with zero attached hydrogens (tertiary/aromatic N) is 1. The SMILES string of the molecule is COc1ccc(C(CN)N2CC(C)CC2C)cc1Br. The molecule has 0 radical (unpaired) electrons. The molecule has 3 nitrogen and oxygen atoms in total. The quantitative estimate of drug-likeness (QED) is 0.923. The zero-order valence-electron chi connectivity index (χ0n) is 11.9. The van der Waals surface area contributed by atoms with Crippen molar-refractivity contribution >= 4 is 15.9 Å². The van der Waals surface area contributed by atoms with Crippen molar-refractivity contribution in [3.8, 4) is 5.75 Å². The highest BCUT2D eigenvalue weighted by Gasteiger charge is 2.32. The molecule has 3 unspecified atom stereocenters. The third-order valence-electron chi connectivity index (χ3n) is 4.02. The van der Waals surface area contributed by atoms with E-state index in [9.17, 15) is 0 Å². The highest BCUT2D eigenvalue weighted by Crippen LogP contribution is 2.34. The van der Waals surface area contributed by atoms with Crippen LogP contribution in [0.5, 0.6) is 5.75 Å².